The third-order valence-corrected chi connectivity index (χ3v) is 2.13. The van der Waals surface area contributed by atoms with E-state index in [9.17, 15) is 9.59 Å². The van der Waals surface area contributed by atoms with E-state index in [2.05, 4.69) is 0 Å². The molecule has 0 atom stereocenters. The molecule has 92 valence electrons. The van der Waals surface area contributed by atoms with Gasteiger partial charge in [0.15, 0.2) is 0 Å². The van der Waals surface area contributed by atoms with Gasteiger partial charge in [0.2, 0.25) is 0 Å². The molecule has 0 aliphatic heterocycles. The first-order chi connectivity index (χ1) is 7.67. The van der Waals surface area contributed by atoms with Gasteiger partial charge in [-0.1, -0.05) is 0 Å². The highest BCUT2D eigenvalue weighted by atomic mass is 16.3. The summed E-state index contributed by atoms with van der Waals surface area (Å²) in [5, 5.41) is 26.4. The van der Waals surface area contributed by atoms with Crippen LogP contribution in [0.2, 0.25) is 0 Å². The molecule has 0 spiro atoms. The molecule has 0 bridgehead atoms. The average molecular weight is 233 g/mol. The average Bonchev–Trinajstić information content (AvgIpc) is 2.48. The summed E-state index contributed by atoms with van der Waals surface area (Å²) in [7, 11) is 0. The summed E-state index contributed by atoms with van der Waals surface area (Å²) < 4.78 is 2.10. The van der Waals surface area contributed by atoms with E-state index in [1.54, 1.807) is 0 Å². The van der Waals surface area contributed by atoms with Crippen molar-refractivity contribution >= 4 is 0 Å². The lowest BCUT2D eigenvalue weighted by molar-refractivity contribution is 0.186. The van der Waals surface area contributed by atoms with Gasteiger partial charge in [-0.25, -0.2) is 14.2 Å². The number of hydrogen-bond donors (Lipinski definition) is 3. The van der Waals surface area contributed by atoms with Crippen molar-refractivity contribution < 1.29 is 15.3 Å². The van der Waals surface area contributed by atoms with Gasteiger partial charge < -0.3 is 15.3 Å². The van der Waals surface area contributed by atoms with Crippen molar-refractivity contribution in [2.75, 3.05) is 19.8 Å². The van der Waals surface area contributed by atoms with Crippen LogP contribution in [0.1, 0.15) is 0 Å². The molecule has 0 aliphatic carbocycles. The molecule has 0 saturated heterocycles. The number of aromatic nitrogens is 3. The van der Waals surface area contributed by atoms with E-state index >= 15 is 0 Å². The Balaban J connectivity index is 3.30. The Morgan fingerprint density at radius 1 is 0.750 bits per heavy atom. The van der Waals surface area contributed by atoms with Gasteiger partial charge in [0.05, 0.1) is 39.5 Å². The Labute approximate surface area is 90.5 Å². The zero-order chi connectivity index (χ0) is 12.1. The predicted octanol–water partition coefficient (Wildman–Crippen LogP) is -3.21. The third-order valence-electron chi connectivity index (χ3n) is 2.13. The fourth-order valence-corrected chi connectivity index (χ4v) is 1.52. The molecule has 1 rings (SSSR count). The predicted molar refractivity (Wildman–Crippen MR) is 54.2 cm³/mol. The van der Waals surface area contributed by atoms with Gasteiger partial charge in [-0.3, -0.25) is 9.59 Å². The lowest BCUT2D eigenvalue weighted by Crippen LogP contribution is -2.32. The van der Waals surface area contributed by atoms with Crippen LogP contribution in [0, 0.1) is 0 Å². The molecule has 0 unspecified atom stereocenters. The second kappa shape index (κ2) is 5.64. The molecule has 0 amide bonds. The van der Waals surface area contributed by atoms with Crippen LogP contribution in [0.15, 0.2) is 9.59 Å². The standard InChI is InChI=1S/C8H15N3O5/c12-4-1-9-7(15)8(16)10(2-5-13)11(9)3-6-14/h12-14H,1-6H2. The van der Waals surface area contributed by atoms with Crippen LogP contribution in [0.25, 0.3) is 0 Å². The lowest BCUT2D eigenvalue weighted by Gasteiger charge is -2.13. The molecule has 0 fully saturated rings. The first-order valence-corrected chi connectivity index (χ1v) is 4.90. The van der Waals surface area contributed by atoms with Crippen molar-refractivity contribution in [3.8, 4) is 0 Å². The Kier molecular flexibility index (Phi) is 4.47. The molecule has 0 aliphatic rings. The normalized spacial score (nSPS) is 10.9. The van der Waals surface area contributed by atoms with Crippen molar-refractivity contribution in [1.82, 2.24) is 14.2 Å². The highest BCUT2D eigenvalue weighted by molar-refractivity contribution is 4.77. The Hall–Kier alpha value is -1.38. The lowest BCUT2D eigenvalue weighted by atomic mass is 10.6. The van der Waals surface area contributed by atoms with E-state index in [1.165, 1.54) is 4.80 Å². The van der Waals surface area contributed by atoms with Crippen LogP contribution in [-0.2, 0) is 19.6 Å². The topological polar surface area (TPSA) is 110 Å². The summed E-state index contributed by atoms with van der Waals surface area (Å²) >= 11 is 0. The number of rotatable bonds is 6. The maximum absolute atomic E-state index is 11.5. The SMILES string of the molecule is O=c1c(=O)n(CCO)n(CCO)n1CCO. The van der Waals surface area contributed by atoms with Crippen molar-refractivity contribution in [1.29, 1.82) is 0 Å². The molecular formula is C8H15N3O5. The molecule has 1 heterocycles. The minimum Gasteiger partial charge on any atom is -0.394 e. The van der Waals surface area contributed by atoms with Crippen molar-refractivity contribution in [2.24, 2.45) is 0 Å². The van der Waals surface area contributed by atoms with Gasteiger partial charge in [0.25, 0.3) is 0 Å². The molecule has 8 heteroatoms. The third kappa shape index (κ3) is 2.23. The van der Waals surface area contributed by atoms with Crippen molar-refractivity contribution in [2.45, 2.75) is 19.6 Å². The fourth-order valence-electron chi connectivity index (χ4n) is 1.52. The van der Waals surface area contributed by atoms with Crippen molar-refractivity contribution in [3.05, 3.63) is 20.7 Å². The Bertz CT molecular complexity index is 406. The van der Waals surface area contributed by atoms with Crippen LogP contribution in [0.4, 0.5) is 0 Å². The molecule has 0 radical (unpaired) electrons. The van der Waals surface area contributed by atoms with E-state index < -0.39 is 11.1 Å². The molecule has 3 N–H and O–H groups in total. The number of aliphatic hydroxyl groups is 3. The van der Waals surface area contributed by atoms with Gasteiger partial charge in [0.1, 0.15) is 0 Å². The van der Waals surface area contributed by atoms with Crippen molar-refractivity contribution in [3.63, 3.8) is 0 Å². The monoisotopic (exact) mass is 233 g/mol. The quantitative estimate of drug-likeness (QED) is 0.448. The maximum Gasteiger partial charge on any atom is 0.333 e. The summed E-state index contributed by atoms with van der Waals surface area (Å²) in [6.07, 6.45) is 0. The van der Waals surface area contributed by atoms with Gasteiger partial charge in [-0.15, -0.1) is 0 Å². The Morgan fingerprint density at radius 2 is 1.12 bits per heavy atom. The van der Waals surface area contributed by atoms with Crippen LogP contribution >= 0.6 is 0 Å². The van der Waals surface area contributed by atoms with E-state index in [4.69, 9.17) is 15.3 Å². The largest absolute Gasteiger partial charge is 0.394 e. The van der Waals surface area contributed by atoms with E-state index in [0.717, 1.165) is 9.36 Å². The first kappa shape index (κ1) is 12.7. The molecular weight excluding hydrogens is 218 g/mol. The molecule has 1 aromatic heterocycles. The van der Waals surface area contributed by atoms with E-state index in [0.29, 0.717) is 0 Å². The van der Waals surface area contributed by atoms with Crippen LogP contribution in [0.3, 0.4) is 0 Å². The summed E-state index contributed by atoms with van der Waals surface area (Å²) in [5.74, 6) is 0. The van der Waals surface area contributed by atoms with E-state index in [1.807, 2.05) is 0 Å². The maximum atomic E-state index is 11.5. The van der Waals surface area contributed by atoms with Gasteiger partial charge >= 0.3 is 11.1 Å². The van der Waals surface area contributed by atoms with Gasteiger partial charge in [0, 0.05) is 0 Å². The zero-order valence-electron chi connectivity index (χ0n) is 8.74. The summed E-state index contributed by atoms with van der Waals surface area (Å²) in [5.41, 5.74) is -1.54. The summed E-state index contributed by atoms with van der Waals surface area (Å²) in [6.45, 7) is -0.803. The van der Waals surface area contributed by atoms with Gasteiger partial charge in [-0.2, -0.15) is 0 Å². The highest BCUT2D eigenvalue weighted by Crippen LogP contribution is 1.86. The summed E-state index contributed by atoms with van der Waals surface area (Å²) in [6, 6.07) is 0. The van der Waals surface area contributed by atoms with E-state index in [-0.39, 0.29) is 39.5 Å². The number of nitrogens with zero attached hydrogens (tertiary/aromatic N) is 3. The van der Waals surface area contributed by atoms with Gasteiger partial charge in [-0.05, 0) is 0 Å². The molecule has 1 aromatic rings. The smallest absolute Gasteiger partial charge is 0.333 e. The van der Waals surface area contributed by atoms with Crippen LogP contribution in [-0.4, -0.2) is 49.3 Å². The molecule has 16 heavy (non-hydrogen) atoms. The highest BCUT2D eigenvalue weighted by Gasteiger charge is 2.14. The fraction of sp³-hybridized carbons (Fsp3) is 0.750. The minimum atomic E-state index is -0.768. The van der Waals surface area contributed by atoms with Crippen LogP contribution < -0.4 is 11.1 Å². The first-order valence-electron chi connectivity index (χ1n) is 4.90. The number of aliphatic hydroxyl groups excluding tert-OH is 3. The minimum absolute atomic E-state index is 0.0213. The summed E-state index contributed by atoms with van der Waals surface area (Å²) in [4.78, 5) is 24.2. The number of hydrogen-bond acceptors (Lipinski definition) is 5. The Morgan fingerprint density at radius 3 is 1.44 bits per heavy atom. The second-order valence-electron chi connectivity index (χ2n) is 3.12. The zero-order valence-corrected chi connectivity index (χ0v) is 8.74. The molecule has 8 nitrogen and oxygen atoms in total. The molecule has 0 saturated carbocycles. The molecule has 0 aromatic carbocycles. The second-order valence-corrected chi connectivity index (χ2v) is 3.12. The van der Waals surface area contributed by atoms with Crippen LogP contribution in [0.5, 0.6) is 0 Å².